The number of aromatic nitrogens is 2. The van der Waals surface area contributed by atoms with Crippen LogP contribution in [0.5, 0.6) is 0 Å². The molecule has 0 radical (unpaired) electrons. The van der Waals surface area contributed by atoms with E-state index in [0.29, 0.717) is 23.9 Å². The average molecular weight is 378 g/mol. The van der Waals surface area contributed by atoms with E-state index in [-0.39, 0.29) is 0 Å². The van der Waals surface area contributed by atoms with E-state index in [4.69, 9.17) is 11.6 Å². The fraction of sp³-hybridized carbons (Fsp3) is 0.556. The molecule has 25 heavy (non-hydrogen) atoms. The molecule has 2 aliphatic heterocycles. The van der Waals surface area contributed by atoms with Gasteiger partial charge in [0, 0.05) is 36.6 Å². The first-order valence-electron chi connectivity index (χ1n) is 8.92. The van der Waals surface area contributed by atoms with Crippen LogP contribution < -0.4 is 10.9 Å². The minimum Gasteiger partial charge on any atom is -0.298 e. The molecule has 2 N–H and O–H groups in total. The number of benzene rings is 1. The van der Waals surface area contributed by atoms with Crippen molar-refractivity contribution >= 4 is 23.1 Å². The number of rotatable bonds is 4. The zero-order valence-corrected chi connectivity index (χ0v) is 16.1. The lowest BCUT2D eigenvalue weighted by Gasteiger charge is -2.36. The molecule has 7 heteroatoms. The molecular formula is C18H24ClN5S. The van der Waals surface area contributed by atoms with Gasteiger partial charge in [-0.15, -0.1) is 5.10 Å². The third-order valence-electron chi connectivity index (χ3n) is 5.32. The third kappa shape index (κ3) is 3.59. The van der Waals surface area contributed by atoms with Gasteiger partial charge in [-0.05, 0) is 41.6 Å². The van der Waals surface area contributed by atoms with Crippen molar-refractivity contribution in [2.45, 2.75) is 44.8 Å². The van der Waals surface area contributed by atoms with Gasteiger partial charge < -0.3 is 0 Å². The minimum absolute atomic E-state index is 0.328. The van der Waals surface area contributed by atoms with Crippen LogP contribution in [-0.2, 0) is 6.54 Å². The van der Waals surface area contributed by atoms with Crippen LogP contribution in [0.2, 0.25) is 5.02 Å². The van der Waals surface area contributed by atoms with Crippen molar-refractivity contribution in [1.82, 2.24) is 25.3 Å². The van der Waals surface area contributed by atoms with Gasteiger partial charge in [-0.2, -0.15) is 0 Å². The number of fused-ring (bicyclic) bond motifs is 1. The fourth-order valence-corrected chi connectivity index (χ4v) is 4.95. The minimum atomic E-state index is 0.328. The summed E-state index contributed by atoms with van der Waals surface area (Å²) in [5.41, 5.74) is 9.46. The quantitative estimate of drug-likeness (QED) is 0.855. The van der Waals surface area contributed by atoms with Gasteiger partial charge >= 0.3 is 0 Å². The number of halogens is 1. The summed E-state index contributed by atoms with van der Waals surface area (Å²) in [6.45, 7) is 7.52. The summed E-state index contributed by atoms with van der Waals surface area (Å²) in [6, 6.07) is 9.07. The predicted molar refractivity (Wildman–Crippen MR) is 102 cm³/mol. The number of piperidine rings is 1. The number of hydrogen-bond donors (Lipinski definition) is 2. The van der Waals surface area contributed by atoms with Crippen LogP contribution in [-0.4, -0.2) is 33.6 Å². The molecule has 1 aromatic heterocycles. The summed E-state index contributed by atoms with van der Waals surface area (Å²) in [7, 11) is 0. The first-order chi connectivity index (χ1) is 12.1. The lowest BCUT2D eigenvalue weighted by atomic mass is 9.85. The largest absolute Gasteiger partial charge is 0.298 e. The van der Waals surface area contributed by atoms with Gasteiger partial charge in [0.2, 0.25) is 0 Å². The topological polar surface area (TPSA) is 53.1 Å². The molecule has 2 aliphatic rings. The lowest BCUT2D eigenvalue weighted by Crippen LogP contribution is -2.45. The van der Waals surface area contributed by atoms with Gasteiger partial charge in [0.05, 0.1) is 16.6 Å². The highest BCUT2D eigenvalue weighted by atomic mass is 35.5. The summed E-state index contributed by atoms with van der Waals surface area (Å²) < 4.78 is 4.17. The number of hydrazine groups is 1. The highest BCUT2D eigenvalue weighted by Gasteiger charge is 2.40. The van der Waals surface area contributed by atoms with E-state index >= 15 is 0 Å². The van der Waals surface area contributed by atoms with Crippen molar-refractivity contribution in [2.24, 2.45) is 5.92 Å². The van der Waals surface area contributed by atoms with E-state index in [0.717, 1.165) is 36.8 Å². The molecule has 4 rings (SSSR count). The maximum absolute atomic E-state index is 6.04. The van der Waals surface area contributed by atoms with Crippen molar-refractivity contribution in [1.29, 1.82) is 0 Å². The Morgan fingerprint density at radius 2 is 2.08 bits per heavy atom. The first-order valence-corrected chi connectivity index (χ1v) is 10.1. The fourth-order valence-electron chi connectivity index (χ4n) is 3.98. The molecule has 0 bridgehead atoms. The molecule has 0 aliphatic carbocycles. The first kappa shape index (κ1) is 17.4. The second kappa shape index (κ2) is 7.29. The van der Waals surface area contributed by atoms with Crippen LogP contribution in [0.15, 0.2) is 24.3 Å². The summed E-state index contributed by atoms with van der Waals surface area (Å²) in [6.07, 6.45) is 1.16. The van der Waals surface area contributed by atoms with Gasteiger partial charge in [-0.3, -0.25) is 10.3 Å². The van der Waals surface area contributed by atoms with E-state index in [9.17, 15) is 0 Å². The number of nitrogens with zero attached hydrogens (tertiary/aromatic N) is 3. The van der Waals surface area contributed by atoms with Crippen molar-refractivity contribution in [3.8, 4) is 0 Å². The van der Waals surface area contributed by atoms with E-state index in [1.54, 1.807) is 11.5 Å². The Bertz CT molecular complexity index is 717. The Labute approximate surface area is 157 Å². The van der Waals surface area contributed by atoms with Gasteiger partial charge in [-0.25, -0.2) is 5.43 Å². The predicted octanol–water partition coefficient (Wildman–Crippen LogP) is 3.35. The lowest BCUT2D eigenvalue weighted by molar-refractivity contribution is 0.149. The molecule has 134 valence electrons. The van der Waals surface area contributed by atoms with E-state index in [2.05, 4.69) is 51.3 Å². The van der Waals surface area contributed by atoms with Crippen LogP contribution in [0.1, 0.15) is 48.4 Å². The van der Waals surface area contributed by atoms with E-state index in [1.807, 2.05) is 12.1 Å². The molecule has 0 saturated carbocycles. The highest BCUT2D eigenvalue weighted by molar-refractivity contribution is 7.05. The second-order valence-electron chi connectivity index (χ2n) is 7.35. The molecule has 3 atom stereocenters. The SMILES string of the molecule is CC(C)c1nnsc1CN1CCC2NNC(c3ccc(Cl)cc3)C2C1. The Kier molecular flexibility index (Phi) is 5.06. The number of likely N-dealkylation sites (tertiary alicyclic amines) is 1. The summed E-state index contributed by atoms with van der Waals surface area (Å²) >= 11 is 7.59. The molecule has 2 aromatic rings. The molecule has 2 fully saturated rings. The van der Waals surface area contributed by atoms with E-state index < -0.39 is 0 Å². The molecule has 3 unspecified atom stereocenters. The van der Waals surface area contributed by atoms with Gasteiger partial charge in [-0.1, -0.05) is 42.1 Å². The van der Waals surface area contributed by atoms with Crippen LogP contribution in [0.4, 0.5) is 0 Å². The van der Waals surface area contributed by atoms with Crippen LogP contribution >= 0.6 is 23.1 Å². The molecule has 0 amide bonds. The van der Waals surface area contributed by atoms with Crippen LogP contribution in [0, 0.1) is 5.92 Å². The zero-order chi connectivity index (χ0) is 17.4. The average Bonchev–Trinajstić information content (AvgIpc) is 3.22. The summed E-state index contributed by atoms with van der Waals surface area (Å²) in [5, 5.41) is 5.11. The number of hydrogen-bond acceptors (Lipinski definition) is 6. The third-order valence-corrected chi connectivity index (χ3v) is 6.30. The van der Waals surface area contributed by atoms with Crippen molar-refractivity contribution in [3.05, 3.63) is 45.4 Å². The highest BCUT2D eigenvalue weighted by Crippen LogP contribution is 2.35. The monoisotopic (exact) mass is 377 g/mol. The maximum Gasteiger partial charge on any atom is 0.0826 e. The Hall–Kier alpha value is -1.05. The van der Waals surface area contributed by atoms with Crippen molar-refractivity contribution in [2.75, 3.05) is 13.1 Å². The summed E-state index contributed by atoms with van der Waals surface area (Å²) in [5.74, 6) is 0.987. The van der Waals surface area contributed by atoms with Gasteiger partial charge in [0.25, 0.3) is 0 Å². The molecule has 1 aromatic carbocycles. The van der Waals surface area contributed by atoms with Crippen LogP contribution in [0.25, 0.3) is 0 Å². The normalized spacial score (nSPS) is 27.0. The molecular weight excluding hydrogens is 354 g/mol. The van der Waals surface area contributed by atoms with E-state index in [1.165, 1.54) is 10.4 Å². The standard InChI is InChI=1S/C18H24ClN5S/c1-11(2)17-16(25-23-22-17)10-24-8-7-15-14(9-24)18(21-20-15)12-3-5-13(19)6-4-12/h3-6,11,14-15,18,20-21H,7-10H2,1-2H3. The Morgan fingerprint density at radius 3 is 2.84 bits per heavy atom. The second-order valence-corrected chi connectivity index (χ2v) is 8.62. The Balaban J connectivity index is 1.47. The Morgan fingerprint density at radius 1 is 1.28 bits per heavy atom. The van der Waals surface area contributed by atoms with Gasteiger partial charge in [0.15, 0.2) is 0 Å². The summed E-state index contributed by atoms with van der Waals surface area (Å²) in [4.78, 5) is 3.87. The van der Waals surface area contributed by atoms with Crippen LogP contribution in [0.3, 0.4) is 0 Å². The molecule has 3 heterocycles. The maximum atomic E-state index is 6.04. The van der Waals surface area contributed by atoms with Crippen molar-refractivity contribution < 1.29 is 0 Å². The smallest absolute Gasteiger partial charge is 0.0826 e. The molecule has 0 spiro atoms. The molecule has 5 nitrogen and oxygen atoms in total. The zero-order valence-electron chi connectivity index (χ0n) is 14.6. The van der Waals surface area contributed by atoms with Gasteiger partial charge in [0.1, 0.15) is 0 Å². The van der Waals surface area contributed by atoms with Crippen molar-refractivity contribution in [3.63, 3.8) is 0 Å². The molecule has 2 saturated heterocycles. The number of nitrogens with one attached hydrogen (secondary N) is 2.